The minimum atomic E-state index is -0.816. The van der Waals surface area contributed by atoms with Crippen molar-refractivity contribution < 1.29 is 19.1 Å². The summed E-state index contributed by atoms with van der Waals surface area (Å²) in [6.45, 7) is 2.08. The third kappa shape index (κ3) is 3.52. The predicted molar refractivity (Wildman–Crippen MR) is 108 cm³/mol. The van der Waals surface area contributed by atoms with Gasteiger partial charge in [0.15, 0.2) is 12.3 Å². The van der Waals surface area contributed by atoms with Gasteiger partial charge in [-0.15, -0.1) is 0 Å². The molecule has 6 heteroatoms. The van der Waals surface area contributed by atoms with Crippen LogP contribution in [0.15, 0.2) is 65.5 Å². The maximum absolute atomic E-state index is 12.8. The van der Waals surface area contributed by atoms with Gasteiger partial charge >= 0.3 is 5.97 Å². The third-order valence-electron chi connectivity index (χ3n) is 5.16. The number of carbonyl (C=O) groups is 2. The first kappa shape index (κ1) is 18.6. The van der Waals surface area contributed by atoms with Gasteiger partial charge in [-0.2, -0.15) is 0 Å². The van der Waals surface area contributed by atoms with E-state index in [1.165, 1.54) is 4.90 Å². The first-order chi connectivity index (χ1) is 13.5. The van der Waals surface area contributed by atoms with Crippen LogP contribution >= 0.6 is 12.2 Å². The van der Waals surface area contributed by atoms with Crippen LogP contribution < -0.4 is 0 Å². The number of ether oxygens (including phenoxy) is 2. The Labute approximate surface area is 169 Å². The van der Waals surface area contributed by atoms with Crippen LogP contribution in [-0.4, -0.2) is 33.9 Å². The van der Waals surface area contributed by atoms with Crippen LogP contribution in [-0.2, 0) is 25.7 Å². The summed E-state index contributed by atoms with van der Waals surface area (Å²) in [7, 11) is 0. The summed E-state index contributed by atoms with van der Waals surface area (Å²) in [6, 6.07) is 8.65. The van der Waals surface area contributed by atoms with E-state index in [0.717, 1.165) is 28.0 Å². The van der Waals surface area contributed by atoms with E-state index in [0.29, 0.717) is 18.6 Å². The third-order valence-corrected chi connectivity index (χ3v) is 5.58. The molecule has 2 atom stereocenters. The highest BCUT2D eigenvalue weighted by molar-refractivity contribution is 7.80. The second kappa shape index (κ2) is 7.72. The Morgan fingerprint density at radius 3 is 2.82 bits per heavy atom. The number of benzene rings is 1. The lowest BCUT2D eigenvalue weighted by atomic mass is 9.96. The molecule has 1 amide bonds. The van der Waals surface area contributed by atoms with Crippen molar-refractivity contribution in [3.63, 3.8) is 0 Å². The van der Waals surface area contributed by atoms with E-state index in [4.69, 9.17) is 21.7 Å². The zero-order valence-corrected chi connectivity index (χ0v) is 16.4. The maximum atomic E-state index is 12.8. The van der Waals surface area contributed by atoms with E-state index < -0.39 is 12.0 Å². The fourth-order valence-corrected chi connectivity index (χ4v) is 3.86. The van der Waals surface area contributed by atoms with Crippen molar-refractivity contribution in [2.75, 3.05) is 0 Å². The Morgan fingerprint density at radius 2 is 2.11 bits per heavy atom. The van der Waals surface area contributed by atoms with E-state index in [9.17, 15) is 9.59 Å². The summed E-state index contributed by atoms with van der Waals surface area (Å²) in [4.78, 5) is 27.3. The lowest BCUT2D eigenvalue weighted by Crippen LogP contribution is -2.55. The van der Waals surface area contributed by atoms with Gasteiger partial charge in [-0.1, -0.05) is 60.8 Å². The molecule has 1 aromatic carbocycles. The molecular weight excluding hydrogens is 374 g/mol. The molecule has 1 aliphatic carbocycles. The fourth-order valence-electron chi connectivity index (χ4n) is 3.62. The Balaban J connectivity index is 1.54. The van der Waals surface area contributed by atoms with Gasteiger partial charge in [0.2, 0.25) is 5.91 Å². The summed E-state index contributed by atoms with van der Waals surface area (Å²) in [6.07, 6.45) is 7.27. The van der Waals surface area contributed by atoms with Gasteiger partial charge in [-0.3, -0.25) is 9.69 Å². The molecule has 2 unspecified atom stereocenters. The molecule has 0 spiro atoms. The Hall–Kier alpha value is -2.73. The van der Waals surface area contributed by atoms with Gasteiger partial charge in [-0.05, 0) is 30.1 Å². The Morgan fingerprint density at radius 1 is 1.32 bits per heavy atom. The zero-order valence-electron chi connectivity index (χ0n) is 15.6. The molecule has 0 saturated carbocycles. The van der Waals surface area contributed by atoms with E-state index >= 15 is 0 Å². The van der Waals surface area contributed by atoms with Crippen molar-refractivity contribution >= 4 is 29.0 Å². The Kier molecular flexibility index (Phi) is 5.13. The number of hydrogen-bond acceptors (Lipinski definition) is 5. The second-order valence-corrected chi connectivity index (χ2v) is 7.63. The van der Waals surface area contributed by atoms with Crippen LogP contribution in [0.25, 0.3) is 0 Å². The van der Waals surface area contributed by atoms with Crippen molar-refractivity contribution in [1.82, 2.24) is 4.90 Å². The van der Waals surface area contributed by atoms with Crippen LogP contribution in [0.4, 0.5) is 0 Å². The minimum absolute atomic E-state index is 0.0928. The number of esters is 1. The summed E-state index contributed by atoms with van der Waals surface area (Å²) in [5.74, 6) is -0.0363. The molecule has 0 radical (unpaired) electrons. The lowest BCUT2D eigenvalue weighted by Gasteiger charge is -2.33. The van der Waals surface area contributed by atoms with Crippen molar-refractivity contribution in [3.8, 4) is 0 Å². The first-order valence-electron chi connectivity index (χ1n) is 9.31. The minimum Gasteiger partial charge on any atom is -0.471 e. The number of rotatable bonds is 5. The topological polar surface area (TPSA) is 55.8 Å². The summed E-state index contributed by atoms with van der Waals surface area (Å²) in [5, 5.41) is 0. The summed E-state index contributed by atoms with van der Waals surface area (Å²) >= 11 is 5.44. The molecule has 2 fully saturated rings. The van der Waals surface area contributed by atoms with Crippen LogP contribution in [0.5, 0.6) is 0 Å². The molecule has 0 bridgehead atoms. The highest BCUT2D eigenvalue weighted by Crippen LogP contribution is 2.39. The monoisotopic (exact) mass is 395 g/mol. The second-order valence-electron chi connectivity index (χ2n) is 7.14. The number of fused-ring (bicyclic) bond motifs is 1. The zero-order chi connectivity index (χ0) is 19.7. The standard InChI is InChI=1S/C22H21NO4S/c1-14(11-16-9-5-6-10-17(16)28)21-20(23-18(24)12-19(23)27-21)22(25)26-13-15-7-3-2-4-8-15/h2-9,19-20H,10-13H2,1H3. The molecule has 144 valence electrons. The number of nitrogens with zero attached hydrogens (tertiary/aromatic N) is 1. The normalized spacial score (nSPS) is 24.9. The van der Waals surface area contributed by atoms with Crippen LogP contribution in [0.2, 0.25) is 0 Å². The largest absolute Gasteiger partial charge is 0.471 e. The molecule has 2 aliphatic heterocycles. The van der Waals surface area contributed by atoms with E-state index in [2.05, 4.69) is 0 Å². The van der Waals surface area contributed by atoms with E-state index in [1.54, 1.807) is 0 Å². The molecule has 3 aliphatic rings. The molecule has 5 nitrogen and oxygen atoms in total. The van der Waals surface area contributed by atoms with Crippen LogP contribution in [0, 0.1) is 0 Å². The van der Waals surface area contributed by atoms with Gasteiger partial charge in [0.1, 0.15) is 12.4 Å². The lowest BCUT2D eigenvalue weighted by molar-refractivity contribution is -0.166. The SMILES string of the molecule is CC(CC1=CC=CCC1=S)=C1OC2CC(=O)N2C1C(=O)OCc1ccccc1. The van der Waals surface area contributed by atoms with Crippen molar-refractivity contribution in [3.05, 3.63) is 71.0 Å². The van der Waals surface area contributed by atoms with Crippen molar-refractivity contribution in [2.45, 2.75) is 45.1 Å². The number of hydrogen-bond donors (Lipinski definition) is 0. The highest BCUT2D eigenvalue weighted by Gasteiger charge is 2.54. The molecular formula is C22H21NO4S. The van der Waals surface area contributed by atoms with E-state index in [1.807, 2.05) is 55.5 Å². The number of thiocarbonyl (C=S) groups is 1. The molecule has 28 heavy (non-hydrogen) atoms. The van der Waals surface area contributed by atoms with Crippen LogP contribution in [0.3, 0.4) is 0 Å². The first-order valence-corrected chi connectivity index (χ1v) is 9.72. The van der Waals surface area contributed by atoms with Gasteiger partial charge in [0, 0.05) is 11.3 Å². The summed E-state index contributed by atoms with van der Waals surface area (Å²) in [5.41, 5.74) is 2.84. The van der Waals surface area contributed by atoms with Gasteiger partial charge in [0.25, 0.3) is 0 Å². The number of carbonyl (C=O) groups excluding carboxylic acids is 2. The fraction of sp³-hybridized carbons (Fsp3) is 0.318. The van der Waals surface area contributed by atoms with Gasteiger partial charge in [-0.25, -0.2) is 4.79 Å². The van der Waals surface area contributed by atoms with E-state index in [-0.39, 0.29) is 18.7 Å². The highest BCUT2D eigenvalue weighted by atomic mass is 32.1. The average molecular weight is 395 g/mol. The number of amides is 1. The number of allylic oxidation sites excluding steroid dienone is 5. The molecule has 2 heterocycles. The summed E-state index contributed by atoms with van der Waals surface area (Å²) < 4.78 is 11.5. The number of β-lactam (4-membered cyclic amide) rings is 1. The molecule has 4 rings (SSSR count). The molecule has 0 aromatic heterocycles. The molecule has 1 aromatic rings. The van der Waals surface area contributed by atoms with Crippen LogP contribution in [0.1, 0.15) is 31.7 Å². The smallest absolute Gasteiger partial charge is 0.337 e. The van der Waals surface area contributed by atoms with Crippen molar-refractivity contribution in [1.29, 1.82) is 0 Å². The van der Waals surface area contributed by atoms with Crippen molar-refractivity contribution in [2.24, 2.45) is 0 Å². The van der Waals surface area contributed by atoms with Gasteiger partial charge < -0.3 is 9.47 Å². The predicted octanol–water partition coefficient (Wildman–Crippen LogP) is 3.61. The Bertz CT molecular complexity index is 916. The molecule has 0 N–H and O–H groups in total. The maximum Gasteiger partial charge on any atom is 0.337 e. The average Bonchev–Trinajstić information content (AvgIpc) is 3.01. The van der Waals surface area contributed by atoms with Gasteiger partial charge in [0.05, 0.1) is 6.42 Å². The molecule has 2 saturated heterocycles. The quantitative estimate of drug-likeness (QED) is 0.433.